The van der Waals surface area contributed by atoms with E-state index in [1.807, 2.05) is 54.1 Å². The summed E-state index contributed by atoms with van der Waals surface area (Å²) in [5.74, 6) is 1.61. The Labute approximate surface area is 189 Å². The van der Waals surface area contributed by atoms with E-state index in [0.717, 1.165) is 20.8 Å². The summed E-state index contributed by atoms with van der Waals surface area (Å²) in [6.45, 7) is 1.94. The van der Waals surface area contributed by atoms with Crippen LogP contribution in [-0.2, 0) is 0 Å². The largest absolute Gasteiger partial charge is 0.496 e. The van der Waals surface area contributed by atoms with Crippen LogP contribution in [0.2, 0.25) is 0 Å². The summed E-state index contributed by atoms with van der Waals surface area (Å²) in [5, 5.41) is 13.1. The number of nitrogens with zero attached hydrogens (tertiary/aromatic N) is 3. The number of thioether (sulfide) groups is 1. The Kier molecular flexibility index (Phi) is 5.34. The van der Waals surface area contributed by atoms with E-state index < -0.39 is 0 Å². The molecule has 1 unspecified atom stereocenters. The van der Waals surface area contributed by atoms with Crippen LogP contribution in [0, 0.1) is 0 Å². The minimum atomic E-state index is -0.185. The van der Waals surface area contributed by atoms with E-state index >= 15 is 0 Å². The van der Waals surface area contributed by atoms with Crippen LogP contribution in [0.25, 0.3) is 32.1 Å². The average Bonchev–Trinajstić information content (AvgIpc) is 3.54. The van der Waals surface area contributed by atoms with Gasteiger partial charge in [-0.25, -0.2) is 4.98 Å². The zero-order chi connectivity index (χ0) is 21.4. The fraction of sp³-hybridized carbons (Fsp3) is 0.143. The second-order valence-electron chi connectivity index (χ2n) is 6.59. The van der Waals surface area contributed by atoms with Crippen molar-refractivity contribution in [3.63, 3.8) is 0 Å². The van der Waals surface area contributed by atoms with Crippen LogP contribution in [0.4, 0.5) is 0 Å². The van der Waals surface area contributed by atoms with Crippen LogP contribution in [-0.4, -0.2) is 27.3 Å². The molecule has 0 bridgehead atoms. The van der Waals surface area contributed by atoms with Gasteiger partial charge in [0.15, 0.2) is 0 Å². The highest BCUT2D eigenvalue weighted by atomic mass is 32.2. The fourth-order valence-electron chi connectivity index (χ4n) is 3.17. The number of para-hydroxylation sites is 1. The quantitative estimate of drug-likeness (QED) is 0.323. The van der Waals surface area contributed by atoms with Gasteiger partial charge >= 0.3 is 0 Å². The normalized spacial score (nSPS) is 12.3. The number of nitrogens with one attached hydrogen (secondary N) is 1. The molecule has 5 rings (SSSR count). The third-order valence-electron chi connectivity index (χ3n) is 4.66. The first-order valence-electron chi connectivity index (χ1n) is 9.33. The van der Waals surface area contributed by atoms with Gasteiger partial charge in [0.2, 0.25) is 0 Å². The van der Waals surface area contributed by atoms with E-state index in [1.165, 1.54) is 23.1 Å². The predicted octanol–water partition coefficient (Wildman–Crippen LogP) is 5.63. The number of thiophene rings is 2. The molecule has 0 amide bonds. The Morgan fingerprint density at radius 2 is 2.00 bits per heavy atom. The van der Waals surface area contributed by atoms with Gasteiger partial charge in [0.05, 0.1) is 23.3 Å². The molecular weight excluding hydrogens is 452 g/mol. The summed E-state index contributed by atoms with van der Waals surface area (Å²) < 4.78 is 11.2. The van der Waals surface area contributed by atoms with Crippen molar-refractivity contribution in [3.05, 3.63) is 63.3 Å². The number of hydrogen-bond donors (Lipinski definition) is 1. The molecule has 1 aromatic carbocycles. The molecule has 0 spiro atoms. The Hall–Kier alpha value is -2.95. The summed E-state index contributed by atoms with van der Waals surface area (Å²) in [4.78, 5) is 22.2. The SMILES string of the molecule is COc1ccccc1-c1nnc(SC(C)c2nc3scc(-c4cccs4)c3c(=O)[nH]2)o1. The summed E-state index contributed by atoms with van der Waals surface area (Å²) >= 11 is 4.42. The average molecular weight is 469 g/mol. The van der Waals surface area contributed by atoms with Crippen LogP contribution in [0.1, 0.15) is 18.0 Å². The highest BCUT2D eigenvalue weighted by molar-refractivity contribution is 7.99. The lowest BCUT2D eigenvalue weighted by atomic mass is 10.2. The molecule has 0 radical (unpaired) electrons. The van der Waals surface area contributed by atoms with Crippen molar-refractivity contribution >= 4 is 44.7 Å². The Balaban J connectivity index is 1.42. The maximum absolute atomic E-state index is 12.8. The summed E-state index contributed by atoms with van der Waals surface area (Å²) in [7, 11) is 1.60. The second-order valence-corrected chi connectivity index (χ2v) is 9.69. The molecule has 1 N–H and O–H groups in total. The van der Waals surface area contributed by atoms with E-state index in [-0.39, 0.29) is 10.8 Å². The molecule has 4 heterocycles. The van der Waals surface area contributed by atoms with E-state index in [2.05, 4.69) is 15.2 Å². The Morgan fingerprint density at radius 3 is 2.81 bits per heavy atom. The van der Waals surface area contributed by atoms with Gasteiger partial charge in [-0.2, -0.15) is 0 Å². The molecule has 156 valence electrons. The van der Waals surface area contributed by atoms with Gasteiger partial charge in [0.1, 0.15) is 16.4 Å². The van der Waals surface area contributed by atoms with Gasteiger partial charge in [0.25, 0.3) is 16.7 Å². The minimum Gasteiger partial charge on any atom is -0.496 e. The van der Waals surface area contributed by atoms with Crippen LogP contribution < -0.4 is 10.3 Å². The molecule has 0 saturated carbocycles. The number of rotatable bonds is 6. The zero-order valence-electron chi connectivity index (χ0n) is 16.5. The van der Waals surface area contributed by atoms with E-state index in [4.69, 9.17) is 14.1 Å². The molecule has 0 fully saturated rings. The molecule has 10 heteroatoms. The van der Waals surface area contributed by atoms with Crippen molar-refractivity contribution < 1.29 is 9.15 Å². The van der Waals surface area contributed by atoms with Gasteiger partial charge in [-0.05, 0) is 30.5 Å². The van der Waals surface area contributed by atoms with Gasteiger partial charge in [-0.3, -0.25) is 4.79 Å². The maximum atomic E-state index is 12.8. The van der Waals surface area contributed by atoms with Crippen LogP contribution in [0.3, 0.4) is 0 Å². The highest BCUT2D eigenvalue weighted by Gasteiger charge is 2.20. The Bertz CT molecular complexity index is 1410. The lowest BCUT2D eigenvalue weighted by Crippen LogP contribution is -2.12. The predicted molar refractivity (Wildman–Crippen MR) is 124 cm³/mol. The first-order chi connectivity index (χ1) is 15.1. The Morgan fingerprint density at radius 1 is 1.13 bits per heavy atom. The number of aromatic amines is 1. The van der Waals surface area contributed by atoms with Crippen molar-refractivity contribution in [1.29, 1.82) is 0 Å². The first kappa shape index (κ1) is 20.0. The van der Waals surface area contributed by atoms with Crippen molar-refractivity contribution in [1.82, 2.24) is 20.2 Å². The van der Waals surface area contributed by atoms with Crippen LogP contribution >= 0.6 is 34.4 Å². The number of methoxy groups -OCH3 is 1. The molecule has 31 heavy (non-hydrogen) atoms. The van der Waals surface area contributed by atoms with E-state index in [9.17, 15) is 4.79 Å². The van der Waals surface area contributed by atoms with Crippen LogP contribution in [0.5, 0.6) is 5.75 Å². The number of benzene rings is 1. The number of aromatic nitrogens is 4. The topological polar surface area (TPSA) is 93.9 Å². The minimum absolute atomic E-state index is 0.141. The van der Waals surface area contributed by atoms with Crippen molar-refractivity contribution in [2.24, 2.45) is 0 Å². The lowest BCUT2D eigenvalue weighted by Gasteiger charge is -2.07. The maximum Gasteiger partial charge on any atom is 0.277 e. The smallest absolute Gasteiger partial charge is 0.277 e. The molecular formula is C21H16N4O3S3. The van der Waals surface area contributed by atoms with Gasteiger partial charge in [-0.15, -0.1) is 32.9 Å². The molecule has 0 aliphatic heterocycles. The van der Waals surface area contributed by atoms with Gasteiger partial charge in [0, 0.05) is 15.8 Å². The van der Waals surface area contributed by atoms with E-state index in [1.54, 1.807) is 18.4 Å². The summed E-state index contributed by atoms with van der Waals surface area (Å²) in [6, 6.07) is 11.4. The number of hydrogen-bond acceptors (Lipinski definition) is 9. The first-order valence-corrected chi connectivity index (χ1v) is 12.0. The summed E-state index contributed by atoms with van der Waals surface area (Å²) in [5.41, 5.74) is 1.51. The molecule has 0 aliphatic rings. The lowest BCUT2D eigenvalue weighted by molar-refractivity contribution is 0.411. The van der Waals surface area contributed by atoms with Crippen LogP contribution in [0.15, 0.2) is 61.6 Å². The molecule has 0 aliphatic carbocycles. The van der Waals surface area contributed by atoms with Gasteiger partial charge < -0.3 is 14.1 Å². The standard InChI is InChI=1S/C21H16N4O3S3/c1-11(31-21-25-24-19(28-21)12-6-3-4-7-14(12)27-2)17-22-18(26)16-13(10-30-20(16)23-17)15-8-5-9-29-15/h3-11H,1-2H3,(H,22,23,26). The van der Waals surface area contributed by atoms with Gasteiger partial charge in [-0.1, -0.05) is 30.0 Å². The van der Waals surface area contributed by atoms with Crippen molar-refractivity contribution in [2.75, 3.05) is 7.11 Å². The molecule has 5 aromatic rings. The second kappa shape index (κ2) is 8.29. The monoisotopic (exact) mass is 468 g/mol. The summed E-state index contributed by atoms with van der Waals surface area (Å²) in [6.07, 6.45) is 0. The molecule has 4 aromatic heterocycles. The third kappa shape index (κ3) is 3.78. The van der Waals surface area contributed by atoms with E-state index in [0.29, 0.717) is 28.1 Å². The number of H-pyrrole nitrogens is 1. The zero-order valence-corrected chi connectivity index (χ0v) is 18.9. The molecule has 7 nitrogen and oxygen atoms in total. The molecule has 0 saturated heterocycles. The fourth-order valence-corrected chi connectivity index (χ4v) is 5.68. The third-order valence-corrected chi connectivity index (χ3v) is 7.37. The highest BCUT2D eigenvalue weighted by Crippen LogP contribution is 2.37. The van der Waals surface area contributed by atoms with Crippen molar-refractivity contribution in [2.45, 2.75) is 17.4 Å². The number of ether oxygens (including phenoxy) is 1. The molecule has 1 atom stereocenters. The van der Waals surface area contributed by atoms with Crippen molar-refractivity contribution in [3.8, 4) is 27.6 Å². The number of fused-ring (bicyclic) bond motifs is 1.